The van der Waals surface area contributed by atoms with Crippen LogP contribution in [0.15, 0.2) is 30.5 Å². The number of rotatable bonds is 3. The molecule has 5 heteroatoms. The summed E-state index contributed by atoms with van der Waals surface area (Å²) in [6, 6.07) is 6.50. The molecule has 0 fully saturated rings. The molecule has 0 saturated carbocycles. The van der Waals surface area contributed by atoms with Gasteiger partial charge in [0, 0.05) is 12.7 Å². The zero-order valence-corrected chi connectivity index (χ0v) is 10.4. The first-order chi connectivity index (χ1) is 8.44. The molecule has 2 rings (SSSR count). The number of amides is 1. The number of carbonyl (C=O) groups is 1. The number of halogens is 1. The van der Waals surface area contributed by atoms with Gasteiger partial charge in [0.15, 0.2) is 0 Å². The maximum atomic E-state index is 13.2. The Kier molecular flexibility index (Phi) is 3.09. The van der Waals surface area contributed by atoms with Crippen molar-refractivity contribution in [3.63, 3.8) is 0 Å². The quantitative estimate of drug-likeness (QED) is 0.495. The lowest BCUT2D eigenvalue weighted by Gasteiger charge is -2.23. The van der Waals surface area contributed by atoms with Crippen LogP contribution >= 0.6 is 0 Å². The van der Waals surface area contributed by atoms with E-state index < -0.39 is 5.41 Å². The first-order valence-electron chi connectivity index (χ1n) is 5.69. The highest BCUT2D eigenvalue weighted by Crippen LogP contribution is 2.23. The maximum absolute atomic E-state index is 13.2. The van der Waals surface area contributed by atoms with E-state index in [1.54, 1.807) is 19.9 Å². The predicted molar refractivity (Wildman–Crippen MR) is 68.0 cm³/mol. The summed E-state index contributed by atoms with van der Waals surface area (Å²) in [5.41, 5.74) is 2.26. The van der Waals surface area contributed by atoms with Gasteiger partial charge in [-0.15, -0.1) is 0 Å². The smallest absolute Gasteiger partial charge is 0.241 e. The van der Waals surface area contributed by atoms with Gasteiger partial charge in [0.25, 0.3) is 0 Å². The molecule has 1 aromatic heterocycles. The molecule has 1 aromatic carbocycles. The molecule has 0 aliphatic rings. The molecular formula is C13H16FN3O. The summed E-state index contributed by atoms with van der Waals surface area (Å²) in [4.78, 5) is 11.6. The molecule has 0 spiro atoms. The number of hydrazine groups is 1. The largest absolute Gasteiger partial charge is 0.346 e. The van der Waals surface area contributed by atoms with Crippen LogP contribution in [0.1, 0.15) is 13.8 Å². The third-order valence-corrected chi connectivity index (χ3v) is 3.05. The SMILES string of the molecule is CC(C)(Cn1ccc2ccc(F)cc21)C(=O)NN. The second-order valence-electron chi connectivity index (χ2n) is 5.00. The van der Waals surface area contributed by atoms with Crippen LogP contribution in [0.4, 0.5) is 4.39 Å². The van der Waals surface area contributed by atoms with Gasteiger partial charge in [-0.25, -0.2) is 10.2 Å². The van der Waals surface area contributed by atoms with Gasteiger partial charge < -0.3 is 4.57 Å². The second-order valence-corrected chi connectivity index (χ2v) is 5.00. The number of nitrogens with one attached hydrogen (secondary N) is 1. The Balaban J connectivity index is 2.37. The zero-order valence-electron chi connectivity index (χ0n) is 10.4. The summed E-state index contributed by atoms with van der Waals surface area (Å²) in [5, 5.41) is 0.945. The average Bonchev–Trinajstić information content (AvgIpc) is 2.70. The predicted octanol–water partition coefficient (Wildman–Crippen LogP) is 1.80. The van der Waals surface area contributed by atoms with Gasteiger partial charge in [0.05, 0.1) is 10.9 Å². The van der Waals surface area contributed by atoms with Crippen LogP contribution in [-0.4, -0.2) is 10.5 Å². The number of hydrogen-bond acceptors (Lipinski definition) is 2. The molecule has 96 valence electrons. The minimum absolute atomic E-state index is 0.249. The van der Waals surface area contributed by atoms with Crippen molar-refractivity contribution in [2.45, 2.75) is 20.4 Å². The highest BCUT2D eigenvalue weighted by molar-refractivity contribution is 5.82. The van der Waals surface area contributed by atoms with Crippen LogP contribution in [0.25, 0.3) is 10.9 Å². The van der Waals surface area contributed by atoms with Crippen molar-refractivity contribution in [1.82, 2.24) is 9.99 Å². The number of nitrogens with zero attached hydrogens (tertiary/aromatic N) is 1. The summed E-state index contributed by atoms with van der Waals surface area (Å²) >= 11 is 0. The van der Waals surface area contributed by atoms with E-state index in [2.05, 4.69) is 5.43 Å². The topological polar surface area (TPSA) is 60.0 Å². The number of fused-ring (bicyclic) bond motifs is 1. The molecule has 0 unspecified atom stereocenters. The van der Waals surface area contributed by atoms with Gasteiger partial charge in [0.2, 0.25) is 5.91 Å². The minimum atomic E-state index is -0.660. The Morgan fingerprint density at radius 1 is 1.44 bits per heavy atom. The van der Waals surface area contributed by atoms with E-state index >= 15 is 0 Å². The molecule has 4 nitrogen and oxygen atoms in total. The molecule has 0 aliphatic carbocycles. The van der Waals surface area contributed by atoms with Crippen LogP contribution in [0.2, 0.25) is 0 Å². The van der Waals surface area contributed by atoms with Crippen molar-refractivity contribution < 1.29 is 9.18 Å². The Bertz CT molecular complexity index is 589. The lowest BCUT2D eigenvalue weighted by atomic mass is 9.92. The van der Waals surface area contributed by atoms with E-state index in [1.807, 2.05) is 16.8 Å². The van der Waals surface area contributed by atoms with E-state index in [4.69, 9.17) is 5.84 Å². The van der Waals surface area contributed by atoms with Gasteiger partial charge >= 0.3 is 0 Å². The van der Waals surface area contributed by atoms with Crippen LogP contribution in [0.3, 0.4) is 0 Å². The molecule has 3 N–H and O–H groups in total. The molecule has 18 heavy (non-hydrogen) atoms. The maximum Gasteiger partial charge on any atom is 0.241 e. The summed E-state index contributed by atoms with van der Waals surface area (Å²) < 4.78 is 15.1. The fourth-order valence-electron chi connectivity index (χ4n) is 1.99. The monoisotopic (exact) mass is 249 g/mol. The summed E-state index contributed by atoms with van der Waals surface area (Å²) in [6.45, 7) is 4.02. The van der Waals surface area contributed by atoms with Gasteiger partial charge in [-0.3, -0.25) is 10.2 Å². The summed E-state index contributed by atoms with van der Waals surface area (Å²) in [7, 11) is 0. The number of aromatic nitrogens is 1. The molecular weight excluding hydrogens is 233 g/mol. The number of benzene rings is 1. The second kappa shape index (κ2) is 4.42. The van der Waals surface area contributed by atoms with Gasteiger partial charge in [0.1, 0.15) is 5.82 Å². The first-order valence-corrected chi connectivity index (χ1v) is 5.69. The zero-order chi connectivity index (χ0) is 13.3. The number of hydrogen-bond donors (Lipinski definition) is 2. The fourth-order valence-corrected chi connectivity index (χ4v) is 1.99. The van der Waals surface area contributed by atoms with E-state index in [0.717, 1.165) is 10.9 Å². The lowest BCUT2D eigenvalue weighted by Crippen LogP contribution is -2.43. The van der Waals surface area contributed by atoms with Gasteiger partial charge in [-0.05, 0) is 43.5 Å². The van der Waals surface area contributed by atoms with Gasteiger partial charge in [-0.2, -0.15) is 0 Å². The van der Waals surface area contributed by atoms with E-state index in [0.29, 0.717) is 6.54 Å². The molecule has 2 aromatic rings. The number of carbonyl (C=O) groups excluding carboxylic acids is 1. The van der Waals surface area contributed by atoms with Crippen LogP contribution in [0.5, 0.6) is 0 Å². The highest BCUT2D eigenvalue weighted by Gasteiger charge is 2.27. The van der Waals surface area contributed by atoms with Crippen molar-refractivity contribution in [3.8, 4) is 0 Å². The standard InChI is InChI=1S/C13H16FN3O/c1-13(2,12(18)16-15)8-17-6-5-9-3-4-10(14)7-11(9)17/h3-7H,8,15H2,1-2H3,(H,16,18). The van der Waals surface area contributed by atoms with Crippen molar-refractivity contribution in [2.24, 2.45) is 11.3 Å². The molecule has 0 bridgehead atoms. The van der Waals surface area contributed by atoms with Crippen LogP contribution in [-0.2, 0) is 11.3 Å². The first kappa shape index (κ1) is 12.6. The summed E-state index contributed by atoms with van der Waals surface area (Å²) in [5.74, 6) is 4.62. The van der Waals surface area contributed by atoms with Crippen molar-refractivity contribution >= 4 is 16.8 Å². The van der Waals surface area contributed by atoms with Crippen molar-refractivity contribution in [3.05, 3.63) is 36.3 Å². The molecule has 1 heterocycles. The Morgan fingerprint density at radius 3 is 2.83 bits per heavy atom. The lowest BCUT2D eigenvalue weighted by molar-refractivity contribution is -0.130. The third kappa shape index (κ3) is 2.22. The Labute approximate surface area is 105 Å². The van der Waals surface area contributed by atoms with Crippen molar-refractivity contribution in [2.75, 3.05) is 0 Å². The molecule has 0 aliphatic heterocycles. The molecule has 0 radical (unpaired) electrons. The fraction of sp³-hybridized carbons (Fsp3) is 0.308. The normalized spacial score (nSPS) is 11.8. The Hall–Kier alpha value is -1.88. The summed E-state index contributed by atoms with van der Waals surface area (Å²) in [6.07, 6.45) is 1.84. The van der Waals surface area contributed by atoms with Crippen LogP contribution in [0, 0.1) is 11.2 Å². The Morgan fingerprint density at radius 2 is 2.17 bits per heavy atom. The van der Waals surface area contributed by atoms with Crippen LogP contribution < -0.4 is 11.3 Å². The third-order valence-electron chi connectivity index (χ3n) is 3.05. The highest BCUT2D eigenvalue weighted by atomic mass is 19.1. The van der Waals surface area contributed by atoms with Crippen molar-refractivity contribution in [1.29, 1.82) is 0 Å². The van der Waals surface area contributed by atoms with Gasteiger partial charge in [-0.1, -0.05) is 0 Å². The van der Waals surface area contributed by atoms with E-state index in [1.165, 1.54) is 12.1 Å². The minimum Gasteiger partial charge on any atom is -0.346 e. The van der Waals surface area contributed by atoms with E-state index in [9.17, 15) is 9.18 Å². The number of nitrogens with two attached hydrogens (primary N) is 1. The molecule has 0 atom stereocenters. The molecule has 1 amide bonds. The molecule has 0 saturated heterocycles. The van der Waals surface area contributed by atoms with E-state index in [-0.39, 0.29) is 11.7 Å². The average molecular weight is 249 g/mol.